The van der Waals surface area contributed by atoms with Crippen LogP contribution in [0.4, 0.5) is 0 Å². The average molecular weight is 278 g/mol. The molecule has 2 atom stereocenters. The third-order valence-corrected chi connectivity index (χ3v) is 3.82. The Labute approximate surface area is 122 Å². The number of methoxy groups -OCH3 is 1. The van der Waals surface area contributed by atoms with Crippen molar-refractivity contribution in [1.82, 2.24) is 0 Å². The highest BCUT2D eigenvalue weighted by atomic mass is 16.5. The van der Waals surface area contributed by atoms with Gasteiger partial charge in [-0.2, -0.15) is 0 Å². The zero-order valence-electron chi connectivity index (χ0n) is 13.2. The summed E-state index contributed by atoms with van der Waals surface area (Å²) >= 11 is 0. The first-order valence-corrected chi connectivity index (χ1v) is 7.21. The molecule has 3 heteroatoms. The molecule has 20 heavy (non-hydrogen) atoms. The van der Waals surface area contributed by atoms with Gasteiger partial charge in [0.15, 0.2) is 0 Å². The van der Waals surface area contributed by atoms with Gasteiger partial charge in [-0.15, -0.1) is 0 Å². The van der Waals surface area contributed by atoms with Crippen LogP contribution in [-0.4, -0.2) is 18.2 Å². The van der Waals surface area contributed by atoms with Gasteiger partial charge in [-0.05, 0) is 32.8 Å². The monoisotopic (exact) mass is 278 g/mol. The van der Waals surface area contributed by atoms with Gasteiger partial charge in [0.1, 0.15) is 5.60 Å². The summed E-state index contributed by atoms with van der Waals surface area (Å²) in [7, 11) is 1.37. The van der Waals surface area contributed by atoms with E-state index < -0.39 is 11.5 Å². The number of esters is 1. The molecule has 1 aromatic rings. The summed E-state index contributed by atoms with van der Waals surface area (Å²) in [5.41, 5.74) is 1.74. The highest BCUT2D eigenvalue weighted by Crippen LogP contribution is 2.34. The van der Waals surface area contributed by atoms with Crippen LogP contribution in [0.25, 0.3) is 0 Å². The Bertz CT molecular complexity index is 443. The number of rotatable bonds is 6. The zero-order chi connectivity index (χ0) is 15.3. The summed E-state index contributed by atoms with van der Waals surface area (Å²) in [6.45, 7) is 7.76. The van der Waals surface area contributed by atoms with Gasteiger partial charge in [0.25, 0.3) is 0 Å². The molecule has 0 bridgehead atoms. The Balaban J connectivity index is 3.16. The molecule has 0 aromatic heterocycles. The lowest BCUT2D eigenvalue weighted by Gasteiger charge is -2.32. The molecule has 0 aliphatic rings. The van der Waals surface area contributed by atoms with Crippen LogP contribution in [0.5, 0.6) is 0 Å². The number of aryl methyl sites for hydroxylation is 2. The van der Waals surface area contributed by atoms with Crippen LogP contribution in [0.2, 0.25) is 0 Å². The first-order chi connectivity index (χ1) is 9.32. The normalized spacial score (nSPS) is 15.5. The minimum Gasteiger partial charge on any atom is -0.469 e. The van der Waals surface area contributed by atoms with E-state index in [4.69, 9.17) is 4.74 Å². The number of carbonyl (C=O) groups excluding carboxylic acids is 1. The lowest BCUT2D eigenvalue weighted by Crippen LogP contribution is -2.38. The zero-order valence-corrected chi connectivity index (χ0v) is 13.2. The molecular weight excluding hydrogens is 252 g/mol. The molecule has 2 unspecified atom stereocenters. The average Bonchev–Trinajstić information content (AvgIpc) is 2.37. The summed E-state index contributed by atoms with van der Waals surface area (Å²) in [6, 6.07) is 5.93. The second-order valence-electron chi connectivity index (χ2n) is 5.74. The third-order valence-electron chi connectivity index (χ3n) is 3.82. The molecule has 1 rings (SSSR count). The Morgan fingerprint density at radius 2 is 1.85 bits per heavy atom. The molecule has 3 nitrogen and oxygen atoms in total. The van der Waals surface area contributed by atoms with Crippen LogP contribution >= 0.6 is 0 Å². The fraction of sp³-hybridized carbons (Fsp3) is 0.588. The summed E-state index contributed by atoms with van der Waals surface area (Å²) < 4.78 is 4.88. The van der Waals surface area contributed by atoms with Crippen molar-refractivity contribution in [2.24, 2.45) is 5.92 Å². The van der Waals surface area contributed by atoms with Crippen molar-refractivity contribution in [3.63, 3.8) is 0 Å². The van der Waals surface area contributed by atoms with Crippen LogP contribution in [-0.2, 0) is 15.1 Å². The first kappa shape index (κ1) is 16.7. The molecule has 0 saturated heterocycles. The molecule has 0 radical (unpaired) electrons. The lowest BCUT2D eigenvalue weighted by molar-refractivity contribution is -0.156. The Morgan fingerprint density at radius 1 is 1.30 bits per heavy atom. The molecule has 0 amide bonds. The van der Waals surface area contributed by atoms with Crippen molar-refractivity contribution in [3.05, 3.63) is 34.9 Å². The third kappa shape index (κ3) is 3.83. The molecule has 0 fully saturated rings. The van der Waals surface area contributed by atoms with Gasteiger partial charge in [0.05, 0.1) is 13.0 Å². The maximum Gasteiger partial charge on any atom is 0.311 e. The smallest absolute Gasteiger partial charge is 0.311 e. The molecule has 0 heterocycles. The van der Waals surface area contributed by atoms with Gasteiger partial charge >= 0.3 is 5.97 Å². The molecule has 112 valence electrons. The minimum absolute atomic E-state index is 0.345. The Hall–Kier alpha value is -1.35. The van der Waals surface area contributed by atoms with E-state index in [0.29, 0.717) is 6.42 Å². The number of carbonyl (C=O) groups is 1. The summed E-state index contributed by atoms with van der Waals surface area (Å²) in [4.78, 5) is 12.0. The van der Waals surface area contributed by atoms with Crippen LogP contribution in [0, 0.1) is 19.8 Å². The number of ether oxygens (including phenoxy) is 1. The van der Waals surface area contributed by atoms with E-state index in [2.05, 4.69) is 13.0 Å². The predicted octanol–water partition coefficient (Wildman–Crippen LogP) is 3.49. The number of aliphatic hydroxyl groups is 1. The summed E-state index contributed by atoms with van der Waals surface area (Å²) in [5.74, 6) is -0.878. The molecule has 1 N–H and O–H groups in total. The van der Waals surface area contributed by atoms with Gasteiger partial charge < -0.3 is 9.84 Å². The second kappa shape index (κ2) is 6.89. The van der Waals surface area contributed by atoms with Crippen molar-refractivity contribution < 1.29 is 14.6 Å². The number of hydrogen-bond acceptors (Lipinski definition) is 3. The summed E-state index contributed by atoms with van der Waals surface area (Å²) in [6.07, 6.45) is 2.50. The fourth-order valence-electron chi connectivity index (χ4n) is 2.65. The largest absolute Gasteiger partial charge is 0.469 e. The quantitative estimate of drug-likeness (QED) is 0.810. The first-order valence-electron chi connectivity index (χ1n) is 7.21. The van der Waals surface area contributed by atoms with Gasteiger partial charge in [-0.25, -0.2) is 0 Å². The van der Waals surface area contributed by atoms with E-state index >= 15 is 0 Å². The van der Waals surface area contributed by atoms with E-state index in [1.54, 1.807) is 6.92 Å². The van der Waals surface area contributed by atoms with E-state index in [-0.39, 0.29) is 5.97 Å². The molecule has 1 aromatic carbocycles. The van der Waals surface area contributed by atoms with Gasteiger partial charge in [-0.3, -0.25) is 4.79 Å². The predicted molar refractivity (Wildman–Crippen MR) is 80.5 cm³/mol. The van der Waals surface area contributed by atoms with E-state index in [9.17, 15) is 9.90 Å². The summed E-state index contributed by atoms with van der Waals surface area (Å²) in [5, 5.41) is 10.9. The Kier molecular flexibility index (Phi) is 5.75. The molecular formula is C17H26O3. The molecule has 0 aliphatic carbocycles. The van der Waals surface area contributed by atoms with Crippen molar-refractivity contribution in [2.75, 3.05) is 7.11 Å². The van der Waals surface area contributed by atoms with Gasteiger partial charge in [-0.1, -0.05) is 49.1 Å². The van der Waals surface area contributed by atoms with E-state index in [0.717, 1.165) is 29.5 Å². The van der Waals surface area contributed by atoms with E-state index in [1.165, 1.54) is 7.11 Å². The van der Waals surface area contributed by atoms with Crippen molar-refractivity contribution in [1.29, 1.82) is 0 Å². The van der Waals surface area contributed by atoms with E-state index in [1.807, 2.05) is 26.0 Å². The number of benzene rings is 1. The van der Waals surface area contributed by atoms with Crippen LogP contribution in [0.15, 0.2) is 18.2 Å². The lowest BCUT2D eigenvalue weighted by atomic mass is 9.79. The number of hydrogen-bond donors (Lipinski definition) is 1. The van der Waals surface area contributed by atoms with Crippen LogP contribution in [0.3, 0.4) is 0 Å². The molecule has 0 aliphatic heterocycles. The topological polar surface area (TPSA) is 46.5 Å². The van der Waals surface area contributed by atoms with Gasteiger partial charge in [0.2, 0.25) is 0 Å². The van der Waals surface area contributed by atoms with Crippen molar-refractivity contribution >= 4 is 5.97 Å². The van der Waals surface area contributed by atoms with Crippen LogP contribution in [0.1, 0.15) is 49.8 Å². The standard InChI is InChI=1S/C17H26O3/c1-6-7-8-15(16(18)20-5)17(4,19)14-10-12(2)9-13(3)11-14/h9-11,15,19H,6-8H2,1-5H3. The maximum absolute atomic E-state index is 12.0. The highest BCUT2D eigenvalue weighted by molar-refractivity contribution is 5.74. The van der Waals surface area contributed by atoms with Gasteiger partial charge in [0, 0.05) is 0 Å². The maximum atomic E-state index is 12.0. The number of unbranched alkanes of at least 4 members (excludes halogenated alkanes) is 1. The molecule has 0 spiro atoms. The minimum atomic E-state index is -1.21. The second-order valence-corrected chi connectivity index (χ2v) is 5.74. The van der Waals surface area contributed by atoms with Crippen molar-refractivity contribution in [3.8, 4) is 0 Å². The SMILES string of the molecule is CCCCC(C(=O)OC)C(C)(O)c1cc(C)cc(C)c1. The highest BCUT2D eigenvalue weighted by Gasteiger charge is 2.39. The molecule has 0 saturated carbocycles. The van der Waals surface area contributed by atoms with Crippen LogP contribution < -0.4 is 0 Å². The fourth-order valence-corrected chi connectivity index (χ4v) is 2.65. The Morgan fingerprint density at radius 3 is 2.30 bits per heavy atom. The van der Waals surface area contributed by atoms with Crippen molar-refractivity contribution in [2.45, 2.75) is 52.6 Å².